The van der Waals surface area contributed by atoms with Crippen LogP contribution in [0.5, 0.6) is 0 Å². The molecule has 19 heavy (non-hydrogen) atoms. The molecule has 1 heterocycles. The summed E-state index contributed by atoms with van der Waals surface area (Å²) in [7, 11) is 0. The van der Waals surface area contributed by atoms with E-state index < -0.39 is 0 Å². The fraction of sp³-hybridized carbons (Fsp3) is 0.625. The SMILES string of the molecule is CCC1CCN(C(C)(CN)Cc2ccc(Cl)cc2)C1. The molecule has 0 spiro atoms. The molecule has 0 aromatic heterocycles. The molecule has 1 aromatic carbocycles. The van der Waals surface area contributed by atoms with E-state index in [1.54, 1.807) is 0 Å². The molecule has 3 heteroatoms. The highest BCUT2D eigenvalue weighted by atomic mass is 35.5. The van der Waals surface area contributed by atoms with Crippen molar-refractivity contribution in [3.05, 3.63) is 34.9 Å². The van der Waals surface area contributed by atoms with Crippen LogP contribution in [-0.4, -0.2) is 30.1 Å². The summed E-state index contributed by atoms with van der Waals surface area (Å²) in [5.41, 5.74) is 7.47. The van der Waals surface area contributed by atoms with Crippen LogP contribution in [0.25, 0.3) is 0 Å². The highest BCUT2D eigenvalue weighted by Gasteiger charge is 2.35. The summed E-state index contributed by atoms with van der Waals surface area (Å²) in [5, 5.41) is 0.797. The van der Waals surface area contributed by atoms with Crippen molar-refractivity contribution in [3.8, 4) is 0 Å². The quantitative estimate of drug-likeness (QED) is 0.896. The Morgan fingerprint density at radius 2 is 2.05 bits per heavy atom. The molecule has 1 saturated heterocycles. The van der Waals surface area contributed by atoms with Gasteiger partial charge in [-0.15, -0.1) is 0 Å². The molecule has 0 bridgehead atoms. The maximum absolute atomic E-state index is 6.08. The van der Waals surface area contributed by atoms with Gasteiger partial charge >= 0.3 is 0 Å². The first-order valence-electron chi connectivity index (χ1n) is 7.27. The number of nitrogens with two attached hydrogens (primary N) is 1. The van der Waals surface area contributed by atoms with Gasteiger partial charge in [-0.2, -0.15) is 0 Å². The Morgan fingerprint density at radius 1 is 1.37 bits per heavy atom. The Balaban J connectivity index is 2.07. The van der Waals surface area contributed by atoms with Crippen LogP contribution in [0, 0.1) is 5.92 Å². The van der Waals surface area contributed by atoms with Crippen molar-refractivity contribution >= 4 is 11.6 Å². The van der Waals surface area contributed by atoms with E-state index in [1.165, 1.54) is 31.5 Å². The summed E-state index contributed by atoms with van der Waals surface area (Å²) in [4.78, 5) is 2.58. The minimum atomic E-state index is 0.0672. The fourth-order valence-corrected chi connectivity index (χ4v) is 3.14. The molecule has 0 saturated carbocycles. The molecule has 0 amide bonds. The Hall–Kier alpha value is -0.570. The van der Waals surface area contributed by atoms with E-state index in [4.69, 9.17) is 17.3 Å². The summed E-state index contributed by atoms with van der Waals surface area (Å²) in [6.07, 6.45) is 3.59. The lowest BCUT2D eigenvalue weighted by atomic mass is 9.91. The second kappa shape index (κ2) is 6.25. The van der Waals surface area contributed by atoms with Crippen LogP contribution in [0.3, 0.4) is 0 Å². The molecular weight excluding hydrogens is 256 g/mol. The molecule has 2 rings (SSSR count). The molecule has 0 aliphatic carbocycles. The Kier molecular flexibility index (Phi) is 4.88. The van der Waals surface area contributed by atoms with E-state index in [0.29, 0.717) is 6.54 Å². The van der Waals surface area contributed by atoms with Crippen LogP contribution < -0.4 is 5.73 Å². The summed E-state index contributed by atoms with van der Waals surface area (Å²) in [6.45, 7) is 7.65. The number of halogens is 1. The lowest BCUT2D eigenvalue weighted by molar-refractivity contribution is 0.137. The highest BCUT2D eigenvalue weighted by Crippen LogP contribution is 2.29. The number of hydrogen-bond acceptors (Lipinski definition) is 2. The van der Waals surface area contributed by atoms with Gasteiger partial charge in [-0.25, -0.2) is 0 Å². The van der Waals surface area contributed by atoms with Gasteiger partial charge < -0.3 is 5.73 Å². The maximum atomic E-state index is 6.08. The van der Waals surface area contributed by atoms with E-state index in [2.05, 4.69) is 30.9 Å². The van der Waals surface area contributed by atoms with E-state index in [0.717, 1.165) is 17.4 Å². The number of rotatable bonds is 5. The van der Waals surface area contributed by atoms with Gasteiger partial charge in [0, 0.05) is 23.7 Å². The second-order valence-corrected chi connectivity index (χ2v) is 6.45. The minimum Gasteiger partial charge on any atom is -0.329 e. The predicted octanol–water partition coefficient (Wildman–Crippen LogP) is 3.33. The molecule has 106 valence electrons. The van der Waals surface area contributed by atoms with Crippen molar-refractivity contribution in [1.29, 1.82) is 0 Å². The van der Waals surface area contributed by atoms with E-state index in [1.807, 2.05) is 12.1 Å². The molecule has 1 aliphatic rings. The standard InChI is InChI=1S/C16H25ClN2/c1-3-13-8-9-19(11-13)16(2,12-18)10-14-4-6-15(17)7-5-14/h4-7,13H,3,8-12,18H2,1-2H3. The molecule has 1 aliphatic heterocycles. The van der Waals surface area contributed by atoms with Gasteiger partial charge in [-0.1, -0.05) is 37.1 Å². The highest BCUT2D eigenvalue weighted by molar-refractivity contribution is 6.30. The molecule has 1 aromatic rings. The van der Waals surface area contributed by atoms with Crippen LogP contribution in [0.15, 0.2) is 24.3 Å². The number of benzene rings is 1. The largest absolute Gasteiger partial charge is 0.329 e. The zero-order valence-electron chi connectivity index (χ0n) is 12.0. The van der Waals surface area contributed by atoms with Crippen LogP contribution in [0.4, 0.5) is 0 Å². The number of hydrogen-bond donors (Lipinski definition) is 1. The molecule has 2 N–H and O–H groups in total. The first kappa shape index (κ1) is 14.8. The normalized spacial score (nSPS) is 23.5. The third-order valence-electron chi connectivity index (χ3n) is 4.56. The van der Waals surface area contributed by atoms with Crippen molar-refractivity contribution in [3.63, 3.8) is 0 Å². The summed E-state index contributed by atoms with van der Waals surface area (Å²) < 4.78 is 0. The summed E-state index contributed by atoms with van der Waals surface area (Å²) >= 11 is 5.95. The van der Waals surface area contributed by atoms with Crippen molar-refractivity contribution in [2.75, 3.05) is 19.6 Å². The topological polar surface area (TPSA) is 29.3 Å². The molecule has 1 fully saturated rings. The molecule has 0 radical (unpaired) electrons. The third-order valence-corrected chi connectivity index (χ3v) is 4.82. The van der Waals surface area contributed by atoms with Crippen molar-refractivity contribution in [2.24, 2.45) is 11.7 Å². The van der Waals surface area contributed by atoms with Gasteiger partial charge in [-0.05, 0) is 49.9 Å². The van der Waals surface area contributed by atoms with Crippen LogP contribution >= 0.6 is 11.6 Å². The Labute approximate surface area is 121 Å². The first-order valence-corrected chi connectivity index (χ1v) is 7.65. The van der Waals surface area contributed by atoms with Crippen molar-refractivity contribution in [1.82, 2.24) is 4.90 Å². The molecule has 2 atom stereocenters. The lowest BCUT2D eigenvalue weighted by Crippen LogP contribution is -2.52. The zero-order chi connectivity index (χ0) is 13.9. The van der Waals surface area contributed by atoms with Gasteiger partial charge in [0.25, 0.3) is 0 Å². The number of likely N-dealkylation sites (tertiary alicyclic amines) is 1. The average molecular weight is 281 g/mol. The molecular formula is C16H25ClN2. The number of nitrogens with zero attached hydrogens (tertiary/aromatic N) is 1. The maximum Gasteiger partial charge on any atom is 0.0406 e. The van der Waals surface area contributed by atoms with Gasteiger partial charge in [0.1, 0.15) is 0 Å². The molecule has 2 unspecified atom stereocenters. The van der Waals surface area contributed by atoms with Gasteiger partial charge in [0.2, 0.25) is 0 Å². The second-order valence-electron chi connectivity index (χ2n) is 6.01. The fourth-order valence-electron chi connectivity index (χ4n) is 3.01. The smallest absolute Gasteiger partial charge is 0.0406 e. The zero-order valence-corrected chi connectivity index (χ0v) is 12.8. The van der Waals surface area contributed by atoms with E-state index >= 15 is 0 Å². The summed E-state index contributed by atoms with van der Waals surface area (Å²) in [6, 6.07) is 8.16. The first-order chi connectivity index (χ1) is 9.07. The van der Waals surface area contributed by atoms with Gasteiger partial charge in [0.15, 0.2) is 0 Å². The molecule has 2 nitrogen and oxygen atoms in total. The van der Waals surface area contributed by atoms with Crippen molar-refractivity contribution < 1.29 is 0 Å². The monoisotopic (exact) mass is 280 g/mol. The van der Waals surface area contributed by atoms with Crippen LogP contribution in [0.2, 0.25) is 5.02 Å². The Bertz CT molecular complexity index is 404. The van der Waals surface area contributed by atoms with E-state index in [-0.39, 0.29) is 5.54 Å². The minimum absolute atomic E-state index is 0.0672. The lowest BCUT2D eigenvalue weighted by Gasteiger charge is -2.38. The van der Waals surface area contributed by atoms with Gasteiger partial charge in [-0.3, -0.25) is 4.90 Å². The van der Waals surface area contributed by atoms with Crippen LogP contribution in [-0.2, 0) is 6.42 Å². The van der Waals surface area contributed by atoms with Gasteiger partial charge in [0.05, 0.1) is 0 Å². The Morgan fingerprint density at radius 3 is 2.58 bits per heavy atom. The average Bonchev–Trinajstić information content (AvgIpc) is 2.91. The van der Waals surface area contributed by atoms with Crippen LogP contribution in [0.1, 0.15) is 32.3 Å². The van der Waals surface area contributed by atoms with Crippen molar-refractivity contribution in [2.45, 2.75) is 38.6 Å². The summed E-state index contributed by atoms with van der Waals surface area (Å²) in [5.74, 6) is 0.844. The van der Waals surface area contributed by atoms with E-state index in [9.17, 15) is 0 Å². The third kappa shape index (κ3) is 3.50. The predicted molar refractivity (Wildman–Crippen MR) is 82.6 cm³/mol.